The van der Waals surface area contributed by atoms with Crippen LogP contribution in [0.5, 0.6) is 0 Å². The predicted molar refractivity (Wildman–Crippen MR) is 102 cm³/mol. The highest BCUT2D eigenvalue weighted by molar-refractivity contribution is 5.96. The van der Waals surface area contributed by atoms with Crippen LogP contribution < -0.4 is 5.32 Å². The number of nitrogens with zero attached hydrogens (tertiary/aromatic N) is 1. The van der Waals surface area contributed by atoms with Gasteiger partial charge in [-0.2, -0.15) is 0 Å². The number of carbonyl (C=O) groups excluding carboxylic acids is 2. The molecule has 0 aliphatic heterocycles. The first-order valence-electron chi connectivity index (χ1n) is 8.23. The molecule has 0 unspecified atom stereocenters. The Morgan fingerprint density at radius 1 is 1.15 bits per heavy atom. The summed E-state index contributed by atoms with van der Waals surface area (Å²) in [6.45, 7) is 4.92. The SMILES string of the molecule is Cc1cccc(/C=C/C(=O)OCC(=O)Nc2cc(C)c(C)cc2[N+](=O)[O-])c1. The molecule has 0 aliphatic rings. The molecule has 0 heterocycles. The zero-order chi connectivity index (χ0) is 20.0. The van der Waals surface area contributed by atoms with Gasteiger partial charge in [0.1, 0.15) is 5.69 Å². The molecule has 2 aromatic rings. The molecule has 7 nitrogen and oxygen atoms in total. The molecule has 0 aliphatic carbocycles. The molecule has 2 aromatic carbocycles. The summed E-state index contributed by atoms with van der Waals surface area (Å²) in [5.74, 6) is -1.33. The van der Waals surface area contributed by atoms with Crippen LogP contribution in [-0.2, 0) is 14.3 Å². The molecule has 0 saturated carbocycles. The maximum Gasteiger partial charge on any atom is 0.331 e. The van der Waals surface area contributed by atoms with Gasteiger partial charge in [-0.05, 0) is 49.6 Å². The van der Waals surface area contributed by atoms with Gasteiger partial charge in [-0.25, -0.2) is 4.79 Å². The number of nitro benzene ring substituents is 1. The van der Waals surface area contributed by atoms with Crippen LogP contribution in [0.15, 0.2) is 42.5 Å². The van der Waals surface area contributed by atoms with Gasteiger partial charge in [0.05, 0.1) is 4.92 Å². The lowest BCUT2D eigenvalue weighted by Crippen LogP contribution is -2.20. The maximum atomic E-state index is 12.0. The number of nitro groups is 1. The summed E-state index contributed by atoms with van der Waals surface area (Å²) in [5.41, 5.74) is 3.29. The Labute approximate surface area is 156 Å². The first kappa shape index (κ1) is 19.8. The fourth-order valence-electron chi connectivity index (χ4n) is 2.36. The summed E-state index contributed by atoms with van der Waals surface area (Å²) in [6.07, 6.45) is 2.81. The van der Waals surface area contributed by atoms with E-state index in [0.717, 1.165) is 22.3 Å². The maximum absolute atomic E-state index is 12.0. The molecule has 0 spiro atoms. The fraction of sp³-hybridized carbons (Fsp3) is 0.200. The molecule has 0 atom stereocenters. The van der Waals surface area contributed by atoms with Crippen LogP contribution in [-0.4, -0.2) is 23.4 Å². The van der Waals surface area contributed by atoms with E-state index in [4.69, 9.17) is 4.74 Å². The van der Waals surface area contributed by atoms with Gasteiger partial charge in [0.2, 0.25) is 0 Å². The van der Waals surface area contributed by atoms with Crippen LogP contribution in [0, 0.1) is 30.9 Å². The van der Waals surface area contributed by atoms with Crippen molar-refractivity contribution in [1.29, 1.82) is 0 Å². The molecule has 1 N–H and O–H groups in total. The normalized spacial score (nSPS) is 10.6. The van der Waals surface area contributed by atoms with Gasteiger partial charge in [0.15, 0.2) is 6.61 Å². The van der Waals surface area contributed by atoms with Gasteiger partial charge in [0.25, 0.3) is 11.6 Å². The van der Waals surface area contributed by atoms with E-state index in [1.54, 1.807) is 19.9 Å². The third-order valence-corrected chi connectivity index (χ3v) is 3.88. The van der Waals surface area contributed by atoms with Crippen molar-refractivity contribution in [3.8, 4) is 0 Å². The first-order valence-corrected chi connectivity index (χ1v) is 8.23. The second-order valence-corrected chi connectivity index (χ2v) is 6.11. The number of esters is 1. The number of hydrogen-bond donors (Lipinski definition) is 1. The third kappa shape index (κ3) is 5.78. The number of carbonyl (C=O) groups is 2. The Kier molecular flexibility index (Phi) is 6.43. The molecular formula is C20H20N2O5. The van der Waals surface area contributed by atoms with Gasteiger partial charge in [-0.3, -0.25) is 14.9 Å². The highest BCUT2D eigenvalue weighted by atomic mass is 16.6. The van der Waals surface area contributed by atoms with E-state index in [2.05, 4.69) is 5.32 Å². The lowest BCUT2D eigenvalue weighted by atomic mass is 10.1. The molecule has 0 aromatic heterocycles. The highest BCUT2D eigenvalue weighted by Gasteiger charge is 2.18. The minimum Gasteiger partial charge on any atom is -0.452 e. The number of benzene rings is 2. The van der Waals surface area contributed by atoms with E-state index in [-0.39, 0.29) is 11.4 Å². The average Bonchev–Trinajstić information content (AvgIpc) is 2.61. The minimum atomic E-state index is -0.679. The number of nitrogens with one attached hydrogen (secondary N) is 1. The van der Waals surface area contributed by atoms with Crippen molar-refractivity contribution in [3.05, 3.63) is 74.8 Å². The molecule has 7 heteroatoms. The largest absolute Gasteiger partial charge is 0.452 e. The summed E-state index contributed by atoms with van der Waals surface area (Å²) in [6, 6.07) is 10.4. The van der Waals surface area contributed by atoms with Gasteiger partial charge < -0.3 is 10.1 Å². The number of aryl methyl sites for hydroxylation is 3. The second-order valence-electron chi connectivity index (χ2n) is 6.11. The van der Waals surface area contributed by atoms with Gasteiger partial charge in [-0.1, -0.05) is 29.8 Å². The molecule has 0 saturated heterocycles. The summed E-state index contributed by atoms with van der Waals surface area (Å²) in [7, 11) is 0. The van der Waals surface area contributed by atoms with Crippen molar-refractivity contribution in [3.63, 3.8) is 0 Å². The van der Waals surface area contributed by atoms with E-state index >= 15 is 0 Å². The van der Waals surface area contributed by atoms with Crippen molar-refractivity contribution >= 4 is 29.3 Å². The summed E-state index contributed by atoms with van der Waals surface area (Å²) in [4.78, 5) is 34.3. The number of amides is 1. The van der Waals surface area contributed by atoms with E-state index < -0.39 is 23.4 Å². The average molecular weight is 368 g/mol. The topological polar surface area (TPSA) is 98.5 Å². The molecule has 0 bridgehead atoms. The zero-order valence-corrected chi connectivity index (χ0v) is 15.3. The van der Waals surface area contributed by atoms with Crippen LogP contribution in [0.25, 0.3) is 6.08 Å². The quantitative estimate of drug-likeness (QED) is 0.363. The number of ether oxygens (including phenoxy) is 1. The number of hydrogen-bond acceptors (Lipinski definition) is 5. The molecule has 1 amide bonds. The molecular weight excluding hydrogens is 348 g/mol. The minimum absolute atomic E-state index is 0.0689. The molecule has 27 heavy (non-hydrogen) atoms. The lowest BCUT2D eigenvalue weighted by Gasteiger charge is -2.09. The van der Waals surface area contributed by atoms with E-state index in [0.29, 0.717) is 0 Å². The Morgan fingerprint density at radius 3 is 2.52 bits per heavy atom. The van der Waals surface area contributed by atoms with Crippen molar-refractivity contribution in [2.75, 3.05) is 11.9 Å². The van der Waals surface area contributed by atoms with E-state index in [9.17, 15) is 19.7 Å². The fourth-order valence-corrected chi connectivity index (χ4v) is 2.36. The zero-order valence-electron chi connectivity index (χ0n) is 15.3. The molecule has 2 rings (SSSR count). The first-order chi connectivity index (χ1) is 12.8. The number of rotatable bonds is 6. The van der Waals surface area contributed by atoms with Crippen LogP contribution in [0.4, 0.5) is 11.4 Å². The van der Waals surface area contributed by atoms with Crippen molar-refractivity contribution in [1.82, 2.24) is 0 Å². The Morgan fingerprint density at radius 2 is 1.85 bits per heavy atom. The predicted octanol–water partition coefficient (Wildman–Crippen LogP) is 3.72. The third-order valence-electron chi connectivity index (χ3n) is 3.88. The molecule has 140 valence electrons. The summed E-state index contributed by atoms with van der Waals surface area (Å²) in [5, 5.41) is 13.6. The summed E-state index contributed by atoms with van der Waals surface area (Å²) >= 11 is 0. The Hall–Kier alpha value is -3.48. The second kappa shape index (κ2) is 8.75. The van der Waals surface area contributed by atoms with Crippen molar-refractivity contribution in [2.45, 2.75) is 20.8 Å². The van der Waals surface area contributed by atoms with Crippen LogP contribution in [0.2, 0.25) is 0 Å². The number of anilines is 1. The van der Waals surface area contributed by atoms with Gasteiger partial charge in [-0.15, -0.1) is 0 Å². The lowest BCUT2D eigenvalue weighted by molar-refractivity contribution is -0.384. The van der Waals surface area contributed by atoms with Gasteiger partial charge in [0, 0.05) is 12.1 Å². The molecule has 0 radical (unpaired) electrons. The van der Waals surface area contributed by atoms with Crippen molar-refractivity contribution < 1.29 is 19.2 Å². The Balaban J connectivity index is 1.95. The monoisotopic (exact) mass is 368 g/mol. The van der Waals surface area contributed by atoms with E-state index in [1.165, 1.54) is 18.2 Å². The summed E-state index contributed by atoms with van der Waals surface area (Å²) < 4.78 is 4.87. The van der Waals surface area contributed by atoms with Gasteiger partial charge >= 0.3 is 5.97 Å². The standard InChI is InChI=1S/C20H20N2O5/c1-13-5-4-6-16(9-13)7-8-20(24)27-12-19(23)21-17-10-14(2)15(3)11-18(17)22(25)26/h4-11H,12H2,1-3H3,(H,21,23)/b8-7+. The van der Waals surface area contributed by atoms with Crippen LogP contribution >= 0.6 is 0 Å². The highest BCUT2D eigenvalue weighted by Crippen LogP contribution is 2.27. The van der Waals surface area contributed by atoms with Crippen LogP contribution in [0.3, 0.4) is 0 Å². The van der Waals surface area contributed by atoms with E-state index in [1.807, 2.05) is 31.2 Å². The van der Waals surface area contributed by atoms with Crippen molar-refractivity contribution in [2.24, 2.45) is 0 Å². The molecule has 0 fully saturated rings. The Bertz CT molecular complexity index is 919. The smallest absolute Gasteiger partial charge is 0.331 e. The van der Waals surface area contributed by atoms with Crippen LogP contribution in [0.1, 0.15) is 22.3 Å².